The molecule has 1 N–H and O–H groups in total. The van der Waals surface area contributed by atoms with Crippen molar-refractivity contribution in [2.45, 2.75) is 19.4 Å². The molecule has 2 rings (SSSR count). The summed E-state index contributed by atoms with van der Waals surface area (Å²) in [5.41, 5.74) is 0.977. The van der Waals surface area contributed by atoms with Crippen molar-refractivity contribution in [1.29, 1.82) is 0 Å². The van der Waals surface area contributed by atoms with Crippen LogP contribution in [0.25, 0.3) is 0 Å². The fourth-order valence-corrected chi connectivity index (χ4v) is 2.51. The third-order valence-electron chi connectivity index (χ3n) is 3.05. The lowest BCUT2D eigenvalue weighted by Crippen LogP contribution is -2.25. The predicted molar refractivity (Wildman–Crippen MR) is 66.9 cm³/mol. The van der Waals surface area contributed by atoms with Crippen LogP contribution in [0, 0.1) is 5.92 Å². The van der Waals surface area contributed by atoms with Gasteiger partial charge in [0.1, 0.15) is 0 Å². The summed E-state index contributed by atoms with van der Waals surface area (Å²) in [4.78, 5) is 11.8. The fraction of sp³-hybridized carbons (Fsp3) is 0.462. The zero-order chi connectivity index (χ0) is 12.3. The van der Waals surface area contributed by atoms with E-state index in [0.717, 1.165) is 18.5 Å². The van der Waals surface area contributed by atoms with Crippen LogP contribution in [0.4, 0.5) is 0 Å². The highest BCUT2D eigenvalue weighted by molar-refractivity contribution is 6.31. The van der Waals surface area contributed by atoms with Gasteiger partial charge >= 0.3 is 5.97 Å². The fourth-order valence-electron chi connectivity index (χ4n) is 2.26. The Morgan fingerprint density at radius 1 is 1.53 bits per heavy atom. The van der Waals surface area contributed by atoms with Crippen LogP contribution in [-0.2, 0) is 9.53 Å². The number of esters is 1. The summed E-state index contributed by atoms with van der Waals surface area (Å²) >= 11 is 6.16. The summed E-state index contributed by atoms with van der Waals surface area (Å²) < 4.78 is 5.10. The van der Waals surface area contributed by atoms with Gasteiger partial charge in [-0.15, -0.1) is 0 Å². The van der Waals surface area contributed by atoms with Crippen LogP contribution >= 0.6 is 11.6 Å². The van der Waals surface area contributed by atoms with E-state index in [9.17, 15) is 4.79 Å². The molecule has 2 atom stereocenters. The van der Waals surface area contributed by atoms with Crippen molar-refractivity contribution in [2.75, 3.05) is 13.2 Å². The van der Waals surface area contributed by atoms with Gasteiger partial charge in [-0.2, -0.15) is 0 Å². The molecule has 0 bridgehead atoms. The number of hydrogen-bond acceptors (Lipinski definition) is 3. The van der Waals surface area contributed by atoms with E-state index < -0.39 is 0 Å². The van der Waals surface area contributed by atoms with Crippen LogP contribution in [0.3, 0.4) is 0 Å². The second-order valence-corrected chi connectivity index (χ2v) is 4.51. The van der Waals surface area contributed by atoms with Gasteiger partial charge in [0.25, 0.3) is 0 Å². The Kier molecular flexibility index (Phi) is 4.02. The highest BCUT2D eigenvalue weighted by Crippen LogP contribution is 2.34. The zero-order valence-corrected chi connectivity index (χ0v) is 10.5. The topological polar surface area (TPSA) is 38.3 Å². The second kappa shape index (κ2) is 5.52. The van der Waals surface area contributed by atoms with E-state index in [1.807, 2.05) is 31.2 Å². The molecule has 0 aliphatic carbocycles. The Hall–Kier alpha value is -1.06. The van der Waals surface area contributed by atoms with E-state index in [4.69, 9.17) is 16.3 Å². The largest absolute Gasteiger partial charge is 0.466 e. The molecule has 1 aliphatic heterocycles. The quantitative estimate of drug-likeness (QED) is 0.842. The molecule has 0 aromatic heterocycles. The summed E-state index contributed by atoms with van der Waals surface area (Å²) in [5, 5.41) is 4.01. The van der Waals surface area contributed by atoms with Crippen molar-refractivity contribution in [2.24, 2.45) is 5.92 Å². The monoisotopic (exact) mass is 253 g/mol. The van der Waals surface area contributed by atoms with Gasteiger partial charge in [-0.3, -0.25) is 4.79 Å². The van der Waals surface area contributed by atoms with Gasteiger partial charge in [-0.1, -0.05) is 29.8 Å². The maximum atomic E-state index is 11.8. The van der Waals surface area contributed by atoms with Crippen molar-refractivity contribution in [3.8, 4) is 0 Å². The molecule has 0 amide bonds. The Morgan fingerprint density at radius 3 is 3.00 bits per heavy atom. The minimum absolute atomic E-state index is 0.0252. The van der Waals surface area contributed by atoms with Gasteiger partial charge in [0.2, 0.25) is 0 Å². The first-order valence-electron chi connectivity index (χ1n) is 5.88. The summed E-state index contributed by atoms with van der Waals surface area (Å²) in [6, 6.07) is 7.60. The second-order valence-electron chi connectivity index (χ2n) is 4.10. The molecule has 1 heterocycles. The maximum Gasteiger partial charge on any atom is 0.310 e. The average Bonchev–Trinajstić information content (AvgIpc) is 2.79. The third-order valence-corrected chi connectivity index (χ3v) is 3.40. The first-order chi connectivity index (χ1) is 8.24. The predicted octanol–water partition coefficient (Wildman–Crippen LogP) is 2.55. The zero-order valence-electron chi connectivity index (χ0n) is 9.78. The van der Waals surface area contributed by atoms with Crippen molar-refractivity contribution in [3.63, 3.8) is 0 Å². The molecule has 0 saturated carbocycles. The van der Waals surface area contributed by atoms with Crippen LogP contribution in [0.15, 0.2) is 24.3 Å². The molecule has 1 aromatic carbocycles. The highest BCUT2D eigenvalue weighted by atomic mass is 35.5. The molecule has 0 spiro atoms. The van der Waals surface area contributed by atoms with E-state index in [0.29, 0.717) is 11.6 Å². The Labute approximate surface area is 106 Å². The normalized spacial score (nSPS) is 23.6. The van der Waals surface area contributed by atoms with E-state index >= 15 is 0 Å². The molecule has 1 fully saturated rings. The summed E-state index contributed by atoms with van der Waals surface area (Å²) in [6.45, 7) is 3.06. The van der Waals surface area contributed by atoms with Gasteiger partial charge in [-0.25, -0.2) is 0 Å². The lowest BCUT2D eigenvalue weighted by Gasteiger charge is -2.19. The van der Waals surface area contributed by atoms with Crippen LogP contribution in [-0.4, -0.2) is 19.1 Å². The lowest BCUT2D eigenvalue weighted by molar-refractivity contribution is -0.148. The molecular formula is C13H16ClNO2. The van der Waals surface area contributed by atoms with Crippen molar-refractivity contribution >= 4 is 17.6 Å². The molecule has 1 saturated heterocycles. The first-order valence-corrected chi connectivity index (χ1v) is 6.26. The third kappa shape index (κ3) is 2.61. The van der Waals surface area contributed by atoms with Crippen molar-refractivity contribution < 1.29 is 9.53 Å². The summed E-state index contributed by atoms with van der Waals surface area (Å²) in [6.07, 6.45) is 0.800. The number of rotatable bonds is 3. The molecule has 0 unspecified atom stereocenters. The van der Waals surface area contributed by atoms with E-state index in [-0.39, 0.29) is 17.9 Å². The van der Waals surface area contributed by atoms with Crippen molar-refractivity contribution in [3.05, 3.63) is 34.9 Å². The molecule has 17 heavy (non-hydrogen) atoms. The van der Waals surface area contributed by atoms with E-state index in [1.165, 1.54) is 0 Å². The molecule has 0 radical (unpaired) electrons. The molecule has 1 aliphatic rings. The average molecular weight is 254 g/mol. The smallest absolute Gasteiger partial charge is 0.310 e. The van der Waals surface area contributed by atoms with Gasteiger partial charge in [0.15, 0.2) is 0 Å². The number of ether oxygens (including phenoxy) is 1. The maximum absolute atomic E-state index is 11.8. The Balaban J connectivity index is 2.20. The number of carbonyl (C=O) groups excluding carboxylic acids is 1. The molecular weight excluding hydrogens is 238 g/mol. The number of halogens is 1. The number of carbonyl (C=O) groups is 1. The molecule has 1 aromatic rings. The minimum atomic E-state index is -0.137. The van der Waals surface area contributed by atoms with Gasteiger partial charge in [0.05, 0.1) is 12.5 Å². The Bertz CT molecular complexity index is 408. The van der Waals surface area contributed by atoms with Crippen LogP contribution in [0.1, 0.15) is 24.9 Å². The van der Waals surface area contributed by atoms with Gasteiger partial charge < -0.3 is 10.1 Å². The first kappa shape index (κ1) is 12.4. The van der Waals surface area contributed by atoms with E-state index in [2.05, 4.69) is 5.32 Å². The summed E-state index contributed by atoms with van der Waals surface area (Å²) in [5.74, 6) is -0.266. The van der Waals surface area contributed by atoms with Crippen LogP contribution in [0.2, 0.25) is 5.02 Å². The number of nitrogens with one attached hydrogen (secondary N) is 1. The van der Waals surface area contributed by atoms with Crippen molar-refractivity contribution in [1.82, 2.24) is 5.32 Å². The molecule has 4 heteroatoms. The highest BCUT2D eigenvalue weighted by Gasteiger charge is 2.35. The van der Waals surface area contributed by atoms with Crippen LogP contribution in [0.5, 0.6) is 0 Å². The number of benzene rings is 1. The van der Waals surface area contributed by atoms with E-state index in [1.54, 1.807) is 0 Å². The summed E-state index contributed by atoms with van der Waals surface area (Å²) in [7, 11) is 0. The SMILES string of the molecule is CCOC(=O)[C@@H]1CCN[C@@H]1c1ccccc1Cl. The van der Waals surface area contributed by atoms with Gasteiger partial charge in [-0.05, 0) is 31.5 Å². The number of hydrogen-bond donors (Lipinski definition) is 1. The lowest BCUT2D eigenvalue weighted by atomic mass is 9.94. The van der Waals surface area contributed by atoms with Gasteiger partial charge in [0, 0.05) is 11.1 Å². The standard InChI is InChI=1S/C13H16ClNO2/c1-2-17-13(16)10-7-8-15-12(10)9-5-3-4-6-11(9)14/h3-6,10,12,15H,2,7-8H2,1H3/t10-,12-/m1/s1. The van der Waals surface area contributed by atoms with Crippen LogP contribution < -0.4 is 5.32 Å². The molecule has 92 valence electrons. The minimum Gasteiger partial charge on any atom is -0.466 e. The Morgan fingerprint density at radius 2 is 2.29 bits per heavy atom. The molecule has 3 nitrogen and oxygen atoms in total.